The Labute approximate surface area is 161 Å². The predicted molar refractivity (Wildman–Crippen MR) is 102 cm³/mol. The third-order valence-corrected chi connectivity index (χ3v) is 5.87. The number of ether oxygens (including phenoxy) is 1. The van der Waals surface area contributed by atoms with Crippen LogP contribution in [0.1, 0.15) is 51.0 Å². The van der Waals surface area contributed by atoms with Gasteiger partial charge in [-0.25, -0.2) is 4.79 Å². The van der Waals surface area contributed by atoms with Crippen molar-refractivity contribution in [2.75, 3.05) is 26.2 Å². The van der Waals surface area contributed by atoms with Crippen LogP contribution >= 0.6 is 0 Å². The van der Waals surface area contributed by atoms with Crippen LogP contribution in [0.25, 0.3) is 0 Å². The topological polar surface area (TPSA) is 70.1 Å². The number of benzene rings is 1. The third-order valence-electron chi connectivity index (χ3n) is 5.87. The van der Waals surface area contributed by atoms with Gasteiger partial charge in [-0.1, -0.05) is 44.2 Å². The number of amides is 1. The summed E-state index contributed by atoms with van der Waals surface area (Å²) in [7, 11) is 0. The number of carbonyl (C=O) groups is 2. The lowest BCUT2D eigenvalue weighted by Gasteiger charge is -2.45. The summed E-state index contributed by atoms with van der Waals surface area (Å²) in [6.07, 6.45) is 3.03. The molecule has 0 radical (unpaired) electrons. The van der Waals surface area contributed by atoms with Crippen molar-refractivity contribution in [3.63, 3.8) is 0 Å². The van der Waals surface area contributed by atoms with Crippen molar-refractivity contribution in [3.8, 4) is 0 Å². The average Bonchev–Trinajstić information content (AvgIpc) is 3.04. The van der Waals surface area contributed by atoms with E-state index in [1.807, 2.05) is 37.3 Å². The average molecular weight is 374 g/mol. The molecule has 2 saturated heterocycles. The molecule has 0 bridgehead atoms. The summed E-state index contributed by atoms with van der Waals surface area (Å²) in [6, 6.07) is 8.72. The minimum atomic E-state index is -0.987. The molecule has 1 N–H and O–H groups in total. The van der Waals surface area contributed by atoms with Crippen LogP contribution in [-0.2, 0) is 14.3 Å². The maximum atomic E-state index is 13.5. The van der Waals surface area contributed by atoms with Gasteiger partial charge in [0, 0.05) is 25.9 Å². The maximum absolute atomic E-state index is 13.5. The lowest BCUT2D eigenvalue weighted by molar-refractivity contribution is -0.167. The van der Waals surface area contributed by atoms with Crippen LogP contribution in [0.3, 0.4) is 0 Å². The number of hydrogen-bond acceptors (Lipinski definition) is 4. The van der Waals surface area contributed by atoms with Crippen molar-refractivity contribution in [3.05, 3.63) is 35.9 Å². The van der Waals surface area contributed by atoms with E-state index in [9.17, 15) is 14.7 Å². The molecular formula is C21H30N2O4. The molecule has 6 heteroatoms. The molecule has 3 rings (SSSR count). The number of carboxylic acids is 1. The molecule has 6 nitrogen and oxygen atoms in total. The molecule has 2 atom stereocenters. The Morgan fingerprint density at radius 2 is 1.89 bits per heavy atom. The Kier molecular flexibility index (Phi) is 6.17. The summed E-state index contributed by atoms with van der Waals surface area (Å²) < 4.78 is 6.04. The Morgan fingerprint density at radius 1 is 1.22 bits per heavy atom. The molecule has 2 aliphatic heterocycles. The fraction of sp³-hybridized carbons (Fsp3) is 0.619. The Bertz CT molecular complexity index is 655. The first-order valence-electron chi connectivity index (χ1n) is 9.99. The van der Waals surface area contributed by atoms with Crippen LogP contribution in [0, 0.1) is 0 Å². The second kappa shape index (κ2) is 8.40. The highest BCUT2D eigenvalue weighted by Crippen LogP contribution is 2.40. The second-order valence-corrected chi connectivity index (χ2v) is 7.53. The molecule has 2 fully saturated rings. The van der Waals surface area contributed by atoms with E-state index in [2.05, 4.69) is 11.8 Å². The number of hydrogen-bond donors (Lipinski definition) is 1. The van der Waals surface area contributed by atoms with Crippen molar-refractivity contribution in [2.45, 2.75) is 57.2 Å². The van der Waals surface area contributed by atoms with Crippen molar-refractivity contribution in [1.82, 2.24) is 9.80 Å². The van der Waals surface area contributed by atoms with Gasteiger partial charge in [0.05, 0.1) is 12.5 Å². The van der Waals surface area contributed by atoms with Gasteiger partial charge in [0.15, 0.2) is 6.04 Å². The largest absolute Gasteiger partial charge is 0.480 e. The molecule has 2 heterocycles. The standard InChI is InChI=1S/C21H30N2O4/c1-3-12-22-13-10-21(11-14-22)23(18(15-27-21)20(25)26)19(24)17(4-2)16-8-6-5-7-9-16/h5-9,17-18H,3-4,10-15H2,1-2H3,(H,25,26). The van der Waals surface area contributed by atoms with Crippen LogP contribution in [0.5, 0.6) is 0 Å². The zero-order valence-corrected chi connectivity index (χ0v) is 16.3. The fourth-order valence-corrected chi connectivity index (χ4v) is 4.43. The number of aliphatic carboxylic acids is 1. The first-order valence-corrected chi connectivity index (χ1v) is 9.99. The van der Waals surface area contributed by atoms with Gasteiger partial charge in [-0.15, -0.1) is 0 Å². The molecule has 2 aliphatic rings. The molecule has 1 aromatic rings. The molecule has 1 aromatic carbocycles. The minimum absolute atomic E-state index is 0.0695. The van der Waals surface area contributed by atoms with E-state index >= 15 is 0 Å². The van der Waals surface area contributed by atoms with Crippen LogP contribution in [0.2, 0.25) is 0 Å². The summed E-state index contributed by atoms with van der Waals surface area (Å²) in [6.45, 7) is 6.86. The van der Waals surface area contributed by atoms with Gasteiger partial charge in [0.1, 0.15) is 5.72 Å². The van der Waals surface area contributed by atoms with E-state index in [1.54, 1.807) is 4.90 Å². The normalized spacial score (nSPS) is 23.5. The summed E-state index contributed by atoms with van der Waals surface area (Å²) in [5, 5.41) is 9.72. The van der Waals surface area contributed by atoms with E-state index in [-0.39, 0.29) is 18.4 Å². The zero-order valence-electron chi connectivity index (χ0n) is 16.3. The number of rotatable bonds is 6. The van der Waals surface area contributed by atoms with Crippen LogP contribution in [-0.4, -0.2) is 64.8 Å². The van der Waals surface area contributed by atoms with Crippen LogP contribution < -0.4 is 0 Å². The lowest BCUT2D eigenvalue weighted by Crippen LogP contribution is -2.59. The Balaban J connectivity index is 1.88. The van der Waals surface area contributed by atoms with Gasteiger partial charge in [-0.05, 0) is 24.9 Å². The highest BCUT2D eigenvalue weighted by atomic mass is 16.5. The van der Waals surface area contributed by atoms with Crippen molar-refractivity contribution >= 4 is 11.9 Å². The number of likely N-dealkylation sites (tertiary alicyclic amines) is 1. The van der Waals surface area contributed by atoms with Gasteiger partial charge >= 0.3 is 5.97 Å². The number of carbonyl (C=O) groups excluding carboxylic acids is 1. The zero-order chi connectivity index (χ0) is 19.4. The molecule has 1 amide bonds. The minimum Gasteiger partial charge on any atom is -0.480 e. The number of nitrogens with zero attached hydrogens (tertiary/aromatic N) is 2. The first-order chi connectivity index (χ1) is 13.0. The van der Waals surface area contributed by atoms with Gasteiger partial charge in [0.2, 0.25) is 5.91 Å². The van der Waals surface area contributed by atoms with Crippen LogP contribution in [0.15, 0.2) is 30.3 Å². The smallest absolute Gasteiger partial charge is 0.328 e. The highest BCUT2D eigenvalue weighted by Gasteiger charge is 2.54. The number of carboxylic acid groups (broad SMARTS) is 1. The molecular weight excluding hydrogens is 344 g/mol. The summed E-state index contributed by atoms with van der Waals surface area (Å²) >= 11 is 0. The van der Waals surface area contributed by atoms with Gasteiger partial charge in [-0.2, -0.15) is 0 Å². The SMILES string of the molecule is CCCN1CCC2(CC1)OCC(C(=O)O)N2C(=O)C(CC)c1ccccc1. The maximum Gasteiger partial charge on any atom is 0.328 e. The fourth-order valence-electron chi connectivity index (χ4n) is 4.43. The van der Waals surface area contributed by atoms with Crippen molar-refractivity contribution in [1.29, 1.82) is 0 Å². The quantitative estimate of drug-likeness (QED) is 0.829. The molecule has 0 aliphatic carbocycles. The first kappa shape index (κ1) is 19.8. The van der Waals surface area contributed by atoms with E-state index in [4.69, 9.17) is 4.74 Å². The van der Waals surface area contributed by atoms with Gasteiger partial charge in [-0.3, -0.25) is 9.69 Å². The Hall–Kier alpha value is -1.92. The van der Waals surface area contributed by atoms with Gasteiger partial charge < -0.3 is 14.7 Å². The van der Waals surface area contributed by atoms with E-state index in [1.165, 1.54) is 0 Å². The van der Waals surface area contributed by atoms with Crippen molar-refractivity contribution < 1.29 is 19.4 Å². The van der Waals surface area contributed by atoms with E-state index < -0.39 is 17.7 Å². The molecule has 148 valence electrons. The molecule has 1 spiro atoms. The summed E-state index contributed by atoms with van der Waals surface area (Å²) in [4.78, 5) is 29.3. The number of piperidine rings is 1. The molecule has 27 heavy (non-hydrogen) atoms. The molecule has 0 saturated carbocycles. The lowest BCUT2D eigenvalue weighted by atomic mass is 9.91. The molecule has 0 aromatic heterocycles. The second-order valence-electron chi connectivity index (χ2n) is 7.53. The van der Waals surface area contributed by atoms with Gasteiger partial charge in [0.25, 0.3) is 0 Å². The summed E-state index contributed by atoms with van der Waals surface area (Å²) in [5.74, 6) is -1.46. The monoisotopic (exact) mass is 374 g/mol. The third kappa shape index (κ3) is 3.87. The Morgan fingerprint density at radius 3 is 2.44 bits per heavy atom. The summed E-state index contributed by atoms with van der Waals surface area (Å²) in [5.41, 5.74) is 0.145. The predicted octanol–water partition coefficient (Wildman–Crippen LogP) is 2.69. The van der Waals surface area contributed by atoms with E-state index in [0.717, 1.165) is 31.6 Å². The van der Waals surface area contributed by atoms with Crippen LogP contribution in [0.4, 0.5) is 0 Å². The van der Waals surface area contributed by atoms with E-state index in [0.29, 0.717) is 19.3 Å². The molecule has 2 unspecified atom stereocenters. The highest BCUT2D eigenvalue weighted by molar-refractivity contribution is 5.89. The van der Waals surface area contributed by atoms with Crippen molar-refractivity contribution in [2.24, 2.45) is 0 Å².